The zero-order valence-corrected chi connectivity index (χ0v) is 21.1. The quantitative estimate of drug-likeness (QED) is 0.565. The molecular weight excluding hydrogens is 424 g/mol. The molecule has 0 radical (unpaired) electrons. The summed E-state index contributed by atoms with van der Waals surface area (Å²) in [4.78, 5) is 33.1. The fourth-order valence-corrected chi connectivity index (χ4v) is 6.17. The summed E-state index contributed by atoms with van der Waals surface area (Å²) in [5.41, 5.74) is 1.07. The van der Waals surface area contributed by atoms with E-state index >= 15 is 0 Å². The van der Waals surface area contributed by atoms with E-state index in [2.05, 4.69) is 22.0 Å². The fraction of sp³-hybridized carbons (Fsp3) is 0.714. The van der Waals surface area contributed by atoms with Gasteiger partial charge in [0.2, 0.25) is 11.8 Å². The molecule has 2 aliphatic heterocycles. The van der Waals surface area contributed by atoms with Crippen LogP contribution >= 0.6 is 0 Å². The fourth-order valence-electron chi connectivity index (χ4n) is 6.17. The lowest BCUT2D eigenvalue weighted by Gasteiger charge is -2.41. The Bertz CT molecular complexity index is 772. The molecule has 188 valence electrons. The van der Waals surface area contributed by atoms with Crippen LogP contribution in [0.3, 0.4) is 0 Å². The Hall–Kier alpha value is -1.92. The van der Waals surface area contributed by atoms with Crippen LogP contribution in [-0.2, 0) is 16.0 Å². The van der Waals surface area contributed by atoms with Crippen LogP contribution in [0, 0.1) is 5.92 Å². The molecule has 0 bridgehead atoms. The molecule has 1 aliphatic carbocycles. The summed E-state index contributed by atoms with van der Waals surface area (Å²) in [7, 11) is 0. The second-order valence-electron chi connectivity index (χ2n) is 10.6. The normalized spacial score (nSPS) is 23.7. The topological polar surface area (TPSA) is 55.9 Å². The van der Waals surface area contributed by atoms with Crippen molar-refractivity contribution in [2.75, 3.05) is 45.8 Å². The lowest BCUT2D eigenvalue weighted by atomic mass is 9.95. The molecule has 0 spiro atoms. The number of hydrogen-bond acceptors (Lipinski definition) is 4. The van der Waals surface area contributed by atoms with Gasteiger partial charge >= 0.3 is 0 Å². The third-order valence-electron chi connectivity index (χ3n) is 8.24. The Kier molecular flexibility index (Phi) is 9.40. The van der Waals surface area contributed by atoms with E-state index in [9.17, 15) is 9.59 Å². The highest BCUT2D eigenvalue weighted by atomic mass is 16.2. The molecule has 6 heteroatoms. The number of benzene rings is 1. The summed E-state index contributed by atoms with van der Waals surface area (Å²) in [6, 6.07) is 10.6. The smallest absolute Gasteiger partial charge is 0.237 e. The molecule has 1 aromatic carbocycles. The molecule has 1 aromatic rings. The number of carbonyl (C=O) groups is 2. The molecule has 0 aromatic heterocycles. The Balaban J connectivity index is 1.25. The van der Waals surface area contributed by atoms with Crippen molar-refractivity contribution in [3.8, 4) is 0 Å². The number of nitrogens with one attached hydrogen (secondary N) is 1. The number of nitrogens with zero attached hydrogens (tertiary/aromatic N) is 3. The van der Waals surface area contributed by atoms with Crippen molar-refractivity contribution in [1.82, 2.24) is 20.0 Å². The third-order valence-corrected chi connectivity index (χ3v) is 8.24. The van der Waals surface area contributed by atoms with Gasteiger partial charge in [-0.2, -0.15) is 0 Å². The van der Waals surface area contributed by atoms with Crippen LogP contribution < -0.4 is 5.32 Å². The summed E-state index contributed by atoms with van der Waals surface area (Å²) >= 11 is 0. The van der Waals surface area contributed by atoms with Crippen LogP contribution in [0.5, 0.6) is 0 Å². The van der Waals surface area contributed by atoms with Gasteiger partial charge < -0.3 is 15.1 Å². The molecule has 6 nitrogen and oxygen atoms in total. The summed E-state index contributed by atoms with van der Waals surface area (Å²) in [5.74, 6) is 0.857. The van der Waals surface area contributed by atoms with E-state index in [-0.39, 0.29) is 17.9 Å². The zero-order valence-electron chi connectivity index (χ0n) is 21.1. The molecule has 3 aliphatic rings. The van der Waals surface area contributed by atoms with Gasteiger partial charge in [0.05, 0.1) is 12.5 Å². The Morgan fingerprint density at radius 1 is 0.941 bits per heavy atom. The highest BCUT2D eigenvalue weighted by molar-refractivity contribution is 5.82. The molecule has 2 amide bonds. The number of hydrogen-bond donors (Lipinski definition) is 1. The van der Waals surface area contributed by atoms with E-state index < -0.39 is 0 Å². The molecule has 2 unspecified atom stereocenters. The molecule has 1 N–H and O–H groups in total. The lowest BCUT2D eigenvalue weighted by molar-refractivity contribution is -0.134. The first-order valence-electron chi connectivity index (χ1n) is 13.7. The average Bonchev–Trinajstić information content (AvgIpc) is 3.38. The largest absolute Gasteiger partial charge is 0.355 e. The molecule has 2 atom stereocenters. The first-order valence-corrected chi connectivity index (χ1v) is 13.7. The number of likely N-dealkylation sites (tertiary alicyclic amines) is 1. The zero-order chi connectivity index (χ0) is 23.8. The second-order valence-corrected chi connectivity index (χ2v) is 10.6. The van der Waals surface area contributed by atoms with Gasteiger partial charge in [-0.25, -0.2) is 0 Å². The van der Waals surface area contributed by atoms with Gasteiger partial charge in [-0.1, -0.05) is 49.6 Å². The standard InChI is InChI=1S/C28H44N4O2/c1-23-10-7-8-16-30(23)17-9-15-29-28(34)27(25-13-5-6-14-25)32-20-18-31(19-21-32)26(33)22-24-11-3-2-4-12-24/h2-4,11-12,23,25,27H,5-10,13-22H2,1H3,(H,29,34). The maximum Gasteiger partial charge on any atom is 0.237 e. The van der Waals surface area contributed by atoms with Gasteiger partial charge in [0.25, 0.3) is 0 Å². The van der Waals surface area contributed by atoms with Crippen molar-refractivity contribution in [3.05, 3.63) is 35.9 Å². The van der Waals surface area contributed by atoms with Crippen molar-refractivity contribution in [2.45, 2.75) is 76.8 Å². The number of amides is 2. The van der Waals surface area contributed by atoms with Gasteiger partial charge in [-0.3, -0.25) is 14.5 Å². The maximum absolute atomic E-state index is 13.4. The summed E-state index contributed by atoms with van der Waals surface area (Å²) in [5, 5.41) is 3.29. The second kappa shape index (κ2) is 12.7. The maximum atomic E-state index is 13.4. The lowest BCUT2D eigenvalue weighted by Crippen LogP contribution is -2.58. The molecule has 3 fully saturated rings. The first-order chi connectivity index (χ1) is 16.6. The summed E-state index contributed by atoms with van der Waals surface area (Å²) < 4.78 is 0. The molecule has 2 saturated heterocycles. The minimum atomic E-state index is -0.0391. The molecule has 4 rings (SSSR count). The van der Waals surface area contributed by atoms with Gasteiger partial charge in [-0.15, -0.1) is 0 Å². The van der Waals surface area contributed by atoms with E-state index in [1.54, 1.807) is 0 Å². The molecular formula is C28H44N4O2. The van der Waals surface area contributed by atoms with Crippen LogP contribution in [-0.4, -0.2) is 84.4 Å². The Labute approximate surface area is 206 Å². The van der Waals surface area contributed by atoms with Gasteiger partial charge in [0.1, 0.15) is 0 Å². The van der Waals surface area contributed by atoms with E-state index in [1.165, 1.54) is 38.6 Å². The minimum absolute atomic E-state index is 0.0391. The predicted molar refractivity (Wildman–Crippen MR) is 137 cm³/mol. The summed E-state index contributed by atoms with van der Waals surface area (Å²) in [6.07, 6.45) is 10.2. The molecule has 2 heterocycles. The van der Waals surface area contributed by atoms with Crippen LogP contribution in [0.4, 0.5) is 0 Å². The van der Waals surface area contributed by atoms with E-state index in [1.807, 2.05) is 35.2 Å². The van der Waals surface area contributed by atoms with Crippen LogP contribution in [0.25, 0.3) is 0 Å². The molecule has 1 saturated carbocycles. The Morgan fingerprint density at radius 2 is 1.65 bits per heavy atom. The van der Waals surface area contributed by atoms with Crippen LogP contribution in [0.15, 0.2) is 30.3 Å². The predicted octanol–water partition coefficient (Wildman–Crippen LogP) is 3.31. The highest BCUT2D eigenvalue weighted by Gasteiger charge is 2.37. The van der Waals surface area contributed by atoms with Crippen molar-refractivity contribution < 1.29 is 9.59 Å². The van der Waals surface area contributed by atoms with Crippen molar-refractivity contribution in [3.63, 3.8) is 0 Å². The van der Waals surface area contributed by atoms with Crippen molar-refractivity contribution >= 4 is 11.8 Å². The van der Waals surface area contributed by atoms with Crippen molar-refractivity contribution in [2.24, 2.45) is 5.92 Å². The highest BCUT2D eigenvalue weighted by Crippen LogP contribution is 2.31. The summed E-state index contributed by atoms with van der Waals surface area (Å²) in [6.45, 7) is 8.40. The third kappa shape index (κ3) is 6.82. The van der Waals surface area contributed by atoms with Gasteiger partial charge in [-0.05, 0) is 57.1 Å². The Morgan fingerprint density at radius 3 is 2.35 bits per heavy atom. The van der Waals surface area contributed by atoms with E-state index in [4.69, 9.17) is 0 Å². The first kappa shape index (κ1) is 25.2. The van der Waals surface area contributed by atoms with Gasteiger partial charge in [0, 0.05) is 45.3 Å². The van der Waals surface area contributed by atoms with E-state index in [0.29, 0.717) is 18.4 Å². The number of carbonyl (C=O) groups excluding carboxylic acids is 2. The SMILES string of the molecule is CC1CCCCN1CCCNC(=O)C(C1CCCC1)N1CCN(C(=O)Cc2ccccc2)CC1. The van der Waals surface area contributed by atoms with Crippen LogP contribution in [0.1, 0.15) is 63.9 Å². The molecule has 34 heavy (non-hydrogen) atoms. The van der Waals surface area contributed by atoms with Crippen LogP contribution in [0.2, 0.25) is 0 Å². The van der Waals surface area contributed by atoms with Crippen molar-refractivity contribution in [1.29, 1.82) is 0 Å². The number of piperazine rings is 1. The average molecular weight is 469 g/mol. The monoisotopic (exact) mass is 468 g/mol. The number of piperidine rings is 1. The number of rotatable bonds is 9. The van der Waals surface area contributed by atoms with Gasteiger partial charge in [0.15, 0.2) is 0 Å². The van der Waals surface area contributed by atoms with E-state index in [0.717, 1.165) is 64.1 Å². The minimum Gasteiger partial charge on any atom is -0.355 e.